The van der Waals surface area contributed by atoms with Crippen molar-refractivity contribution in [2.45, 2.75) is 26.7 Å². The minimum Gasteiger partial charge on any atom is -0.493 e. The lowest BCUT2D eigenvalue weighted by Crippen LogP contribution is -2.03. The highest BCUT2D eigenvalue weighted by atomic mass is 16.5. The Balaban J connectivity index is 2.52. The summed E-state index contributed by atoms with van der Waals surface area (Å²) >= 11 is 0. The van der Waals surface area contributed by atoms with Crippen molar-refractivity contribution in [2.24, 2.45) is 0 Å². The summed E-state index contributed by atoms with van der Waals surface area (Å²) in [5, 5.41) is 0. The van der Waals surface area contributed by atoms with Crippen molar-refractivity contribution < 1.29 is 4.74 Å². The van der Waals surface area contributed by atoms with Crippen LogP contribution in [-0.2, 0) is 0 Å². The topological polar surface area (TPSA) is 61.0 Å². The number of anilines is 1. The molecule has 0 aliphatic carbocycles. The lowest BCUT2D eigenvalue weighted by molar-refractivity contribution is 0.341. The first-order valence-electron chi connectivity index (χ1n) is 6.48. The first-order chi connectivity index (χ1) is 9.11. The quantitative estimate of drug-likeness (QED) is 0.913. The molecule has 2 N–H and O–H groups in total. The van der Waals surface area contributed by atoms with E-state index >= 15 is 0 Å². The van der Waals surface area contributed by atoms with Crippen LogP contribution in [0.3, 0.4) is 0 Å². The average molecular weight is 257 g/mol. The number of hydrogen-bond donors (Lipinski definition) is 1. The number of nitrogens with two attached hydrogens (primary N) is 1. The lowest BCUT2D eigenvalue weighted by Gasteiger charge is -2.11. The summed E-state index contributed by atoms with van der Waals surface area (Å²) in [6.07, 6.45) is 0. The highest BCUT2D eigenvalue weighted by molar-refractivity contribution is 5.65. The van der Waals surface area contributed by atoms with Crippen LogP contribution in [0.2, 0.25) is 0 Å². The number of nitrogens with zero attached hydrogens (tertiary/aromatic N) is 2. The largest absolute Gasteiger partial charge is 0.493 e. The molecule has 19 heavy (non-hydrogen) atoms. The zero-order valence-electron chi connectivity index (χ0n) is 11.6. The third-order valence-corrected chi connectivity index (χ3v) is 2.79. The van der Waals surface area contributed by atoms with Crippen molar-refractivity contribution >= 4 is 5.82 Å². The Morgan fingerprint density at radius 3 is 2.63 bits per heavy atom. The van der Waals surface area contributed by atoms with Gasteiger partial charge in [0, 0.05) is 11.8 Å². The van der Waals surface area contributed by atoms with Crippen molar-refractivity contribution in [3.05, 3.63) is 36.0 Å². The Labute approximate surface area is 113 Å². The molecule has 4 heteroatoms. The Kier molecular flexibility index (Phi) is 4.00. The third kappa shape index (κ3) is 3.02. The molecule has 0 fully saturated rings. The van der Waals surface area contributed by atoms with Gasteiger partial charge in [-0.3, -0.25) is 0 Å². The van der Waals surface area contributed by atoms with Crippen LogP contribution in [-0.4, -0.2) is 16.6 Å². The summed E-state index contributed by atoms with van der Waals surface area (Å²) in [6.45, 7) is 6.73. The van der Waals surface area contributed by atoms with Crippen LogP contribution >= 0.6 is 0 Å². The van der Waals surface area contributed by atoms with Gasteiger partial charge in [0.2, 0.25) is 0 Å². The van der Waals surface area contributed by atoms with Crippen LogP contribution in [0.4, 0.5) is 5.82 Å². The fourth-order valence-electron chi connectivity index (χ4n) is 1.83. The summed E-state index contributed by atoms with van der Waals surface area (Å²) < 4.78 is 5.61. The number of aromatic nitrogens is 2. The van der Waals surface area contributed by atoms with E-state index in [2.05, 4.69) is 23.8 Å². The van der Waals surface area contributed by atoms with E-state index in [1.165, 1.54) is 0 Å². The van der Waals surface area contributed by atoms with Crippen molar-refractivity contribution in [2.75, 3.05) is 12.3 Å². The minimum atomic E-state index is 0.309. The molecule has 0 radical (unpaired) electrons. The number of rotatable bonds is 4. The summed E-state index contributed by atoms with van der Waals surface area (Å²) in [5.74, 6) is 2.20. The molecular formula is C15H19N3O. The molecule has 0 aliphatic rings. The molecule has 4 nitrogen and oxygen atoms in total. The fraction of sp³-hybridized carbons (Fsp3) is 0.333. The van der Waals surface area contributed by atoms with E-state index < -0.39 is 0 Å². The summed E-state index contributed by atoms with van der Waals surface area (Å²) in [4.78, 5) is 8.89. The Bertz CT molecular complexity index is 567. The molecule has 0 spiro atoms. The summed E-state index contributed by atoms with van der Waals surface area (Å²) in [5.41, 5.74) is 7.68. The van der Waals surface area contributed by atoms with E-state index in [9.17, 15) is 0 Å². The second kappa shape index (κ2) is 5.69. The van der Waals surface area contributed by atoms with Gasteiger partial charge in [0.05, 0.1) is 12.2 Å². The molecule has 0 saturated carbocycles. The maximum Gasteiger partial charge on any atom is 0.165 e. The van der Waals surface area contributed by atoms with E-state index in [1.807, 2.05) is 37.3 Å². The zero-order chi connectivity index (χ0) is 13.8. The average Bonchev–Trinajstić information content (AvgIpc) is 2.39. The van der Waals surface area contributed by atoms with Crippen LogP contribution in [0.25, 0.3) is 11.4 Å². The number of nitrogen functional groups attached to an aromatic ring is 1. The molecule has 0 aliphatic heterocycles. The summed E-state index contributed by atoms with van der Waals surface area (Å²) in [6, 6.07) is 9.56. The van der Waals surface area contributed by atoms with Gasteiger partial charge < -0.3 is 10.5 Å². The van der Waals surface area contributed by atoms with Gasteiger partial charge in [0.25, 0.3) is 0 Å². The molecule has 0 bridgehead atoms. The normalized spacial score (nSPS) is 10.7. The van der Waals surface area contributed by atoms with Gasteiger partial charge in [-0.2, -0.15) is 0 Å². The van der Waals surface area contributed by atoms with Gasteiger partial charge in [-0.05, 0) is 25.0 Å². The second-order valence-corrected chi connectivity index (χ2v) is 4.63. The predicted molar refractivity (Wildman–Crippen MR) is 77.1 cm³/mol. The minimum absolute atomic E-state index is 0.309. The smallest absolute Gasteiger partial charge is 0.165 e. The first kappa shape index (κ1) is 13.3. The Hall–Kier alpha value is -2.10. The number of hydrogen-bond acceptors (Lipinski definition) is 4. The number of benzene rings is 1. The molecule has 1 heterocycles. The van der Waals surface area contributed by atoms with Gasteiger partial charge >= 0.3 is 0 Å². The van der Waals surface area contributed by atoms with Crippen LogP contribution < -0.4 is 10.5 Å². The van der Waals surface area contributed by atoms with Crippen LogP contribution in [0, 0.1) is 0 Å². The predicted octanol–water partition coefficient (Wildman–Crippen LogP) is 3.25. The Morgan fingerprint density at radius 2 is 1.95 bits per heavy atom. The van der Waals surface area contributed by atoms with Crippen molar-refractivity contribution in [3.8, 4) is 17.1 Å². The summed E-state index contributed by atoms with van der Waals surface area (Å²) in [7, 11) is 0. The monoisotopic (exact) mass is 257 g/mol. The maximum atomic E-state index is 5.87. The molecule has 100 valence electrons. The van der Waals surface area contributed by atoms with E-state index in [4.69, 9.17) is 10.5 Å². The first-order valence-corrected chi connectivity index (χ1v) is 6.48. The second-order valence-electron chi connectivity index (χ2n) is 4.63. The van der Waals surface area contributed by atoms with Crippen molar-refractivity contribution in [3.63, 3.8) is 0 Å². The molecule has 2 rings (SSSR count). The molecule has 0 amide bonds. The van der Waals surface area contributed by atoms with E-state index in [0.717, 1.165) is 17.0 Å². The van der Waals surface area contributed by atoms with Gasteiger partial charge in [-0.1, -0.05) is 26.0 Å². The molecular weight excluding hydrogens is 238 g/mol. The number of ether oxygens (including phenoxy) is 1. The van der Waals surface area contributed by atoms with E-state index in [1.54, 1.807) is 0 Å². The van der Waals surface area contributed by atoms with Gasteiger partial charge in [0.1, 0.15) is 11.6 Å². The van der Waals surface area contributed by atoms with Gasteiger partial charge in [-0.25, -0.2) is 9.97 Å². The molecule has 1 aromatic heterocycles. The highest BCUT2D eigenvalue weighted by Crippen LogP contribution is 2.28. The van der Waals surface area contributed by atoms with Crippen LogP contribution in [0.15, 0.2) is 30.3 Å². The van der Waals surface area contributed by atoms with Crippen LogP contribution in [0.5, 0.6) is 5.75 Å². The molecule has 2 aromatic rings. The highest BCUT2D eigenvalue weighted by Gasteiger charge is 2.12. The van der Waals surface area contributed by atoms with Gasteiger partial charge in [0.15, 0.2) is 5.82 Å². The zero-order valence-corrected chi connectivity index (χ0v) is 11.6. The SMILES string of the molecule is CCOc1ccccc1-c1nc(N)cc(C(C)C)n1. The van der Waals surface area contributed by atoms with E-state index in [0.29, 0.717) is 24.2 Å². The third-order valence-electron chi connectivity index (χ3n) is 2.79. The lowest BCUT2D eigenvalue weighted by atomic mass is 10.1. The van der Waals surface area contributed by atoms with Crippen LogP contribution in [0.1, 0.15) is 32.4 Å². The standard InChI is InChI=1S/C15H19N3O/c1-4-19-13-8-6-5-7-11(13)15-17-12(10(2)3)9-14(16)18-15/h5-10H,4H2,1-3H3,(H2,16,17,18). The Morgan fingerprint density at radius 1 is 1.21 bits per heavy atom. The maximum absolute atomic E-state index is 5.87. The van der Waals surface area contributed by atoms with Gasteiger partial charge in [-0.15, -0.1) is 0 Å². The molecule has 0 atom stereocenters. The number of para-hydroxylation sites is 1. The molecule has 1 aromatic carbocycles. The van der Waals surface area contributed by atoms with Crippen molar-refractivity contribution in [1.82, 2.24) is 9.97 Å². The molecule has 0 saturated heterocycles. The fourth-order valence-corrected chi connectivity index (χ4v) is 1.83. The molecule has 0 unspecified atom stereocenters. The van der Waals surface area contributed by atoms with E-state index in [-0.39, 0.29) is 0 Å². The van der Waals surface area contributed by atoms with Crippen molar-refractivity contribution in [1.29, 1.82) is 0 Å².